The van der Waals surface area contributed by atoms with Crippen molar-refractivity contribution in [2.75, 3.05) is 23.3 Å². The van der Waals surface area contributed by atoms with Gasteiger partial charge in [0.2, 0.25) is 0 Å². The van der Waals surface area contributed by atoms with Crippen molar-refractivity contribution in [2.45, 2.75) is 25.3 Å². The molecule has 2 aliphatic rings. The molecule has 1 fully saturated rings. The molecule has 2 aliphatic heterocycles. The molecule has 0 saturated carbocycles. The Morgan fingerprint density at radius 2 is 2.40 bits per heavy atom. The van der Waals surface area contributed by atoms with Gasteiger partial charge in [-0.1, -0.05) is 0 Å². The summed E-state index contributed by atoms with van der Waals surface area (Å²) in [5, 5.41) is 3.46. The van der Waals surface area contributed by atoms with E-state index in [4.69, 9.17) is 0 Å². The molecule has 1 aromatic heterocycles. The maximum Gasteiger partial charge on any atom is 0.152 e. The van der Waals surface area contributed by atoms with Crippen LogP contribution in [-0.2, 0) is 0 Å². The molecule has 0 aromatic carbocycles. The third-order valence-electron chi connectivity index (χ3n) is 3.28. The van der Waals surface area contributed by atoms with Gasteiger partial charge in [-0.15, -0.1) is 0 Å². The monoisotopic (exact) mass is 267 g/mol. The molecule has 3 heterocycles. The average Bonchev–Trinajstić information content (AvgIpc) is 2.61. The van der Waals surface area contributed by atoms with Gasteiger partial charge in [0.1, 0.15) is 0 Å². The summed E-state index contributed by atoms with van der Waals surface area (Å²) in [5.41, 5.74) is 1.17. The maximum atomic E-state index is 4.54. The molecule has 1 N–H and O–H groups in total. The van der Waals surface area contributed by atoms with Gasteiger partial charge < -0.3 is 10.2 Å². The fraction of sp³-hybridized carbons (Fsp3) is 0.545. The van der Waals surface area contributed by atoms with E-state index in [1.54, 1.807) is 0 Å². The maximum absolute atomic E-state index is 4.54. The molecule has 80 valence electrons. The number of pyridine rings is 1. The topological polar surface area (TPSA) is 28.2 Å². The summed E-state index contributed by atoms with van der Waals surface area (Å²) in [6, 6.07) is 2.83. The number of aromatic nitrogens is 1. The van der Waals surface area contributed by atoms with E-state index in [9.17, 15) is 0 Å². The second kappa shape index (κ2) is 3.67. The fourth-order valence-electron chi connectivity index (χ4n) is 2.58. The Kier molecular flexibility index (Phi) is 2.31. The first-order valence-electron chi connectivity index (χ1n) is 5.50. The highest BCUT2D eigenvalue weighted by atomic mass is 79.9. The second-order valence-corrected chi connectivity index (χ2v) is 5.15. The lowest BCUT2D eigenvalue weighted by molar-refractivity contribution is 0.635. The van der Waals surface area contributed by atoms with Gasteiger partial charge in [-0.3, -0.25) is 0 Å². The van der Waals surface area contributed by atoms with Gasteiger partial charge >= 0.3 is 0 Å². The normalized spacial score (nSPS) is 24.1. The average molecular weight is 268 g/mol. The van der Waals surface area contributed by atoms with Crippen LogP contribution in [-0.4, -0.2) is 24.1 Å². The Balaban J connectivity index is 2.05. The van der Waals surface area contributed by atoms with Gasteiger partial charge in [0.05, 0.1) is 5.69 Å². The minimum atomic E-state index is 0.701. The second-order valence-electron chi connectivity index (χ2n) is 4.23. The zero-order chi connectivity index (χ0) is 10.3. The van der Waals surface area contributed by atoms with Crippen molar-refractivity contribution in [1.29, 1.82) is 0 Å². The first kappa shape index (κ1) is 9.46. The lowest BCUT2D eigenvalue weighted by Crippen LogP contribution is -2.29. The molecule has 0 amide bonds. The molecular weight excluding hydrogens is 254 g/mol. The summed E-state index contributed by atoms with van der Waals surface area (Å²) in [6.07, 6.45) is 5.75. The van der Waals surface area contributed by atoms with Crippen molar-refractivity contribution in [3.63, 3.8) is 0 Å². The highest BCUT2D eigenvalue weighted by Gasteiger charge is 2.29. The molecule has 0 spiro atoms. The smallest absolute Gasteiger partial charge is 0.152 e. The summed E-state index contributed by atoms with van der Waals surface area (Å²) < 4.78 is 1.05. The summed E-state index contributed by atoms with van der Waals surface area (Å²) in [4.78, 5) is 7.00. The Morgan fingerprint density at radius 3 is 3.33 bits per heavy atom. The van der Waals surface area contributed by atoms with Crippen LogP contribution in [0.5, 0.6) is 0 Å². The molecule has 0 radical (unpaired) electrons. The van der Waals surface area contributed by atoms with Crippen LogP contribution < -0.4 is 10.2 Å². The van der Waals surface area contributed by atoms with Crippen molar-refractivity contribution >= 4 is 27.4 Å². The van der Waals surface area contributed by atoms with Crippen LogP contribution in [0.2, 0.25) is 0 Å². The first-order valence-corrected chi connectivity index (χ1v) is 6.30. The molecule has 1 unspecified atom stereocenters. The molecular formula is C11H14BrN3. The van der Waals surface area contributed by atoms with Crippen molar-refractivity contribution < 1.29 is 0 Å². The molecule has 3 nitrogen and oxygen atoms in total. The number of fused-ring (bicyclic) bond motifs is 3. The van der Waals surface area contributed by atoms with Crippen molar-refractivity contribution in [1.82, 2.24) is 4.98 Å². The van der Waals surface area contributed by atoms with Crippen LogP contribution in [0.1, 0.15) is 19.3 Å². The molecule has 15 heavy (non-hydrogen) atoms. The number of halogens is 1. The number of hydrogen-bond donors (Lipinski definition) is 1. The Morgan fingerprint density at radius 1 is 1.47 bits per heavy atom. The zero-order valence-electron chi connectivity index (χ0n) is 8.54. The van der Waals surface area contributed by atoms with Crippen LogP contribution >= 0.6 is 15.9 Å². The minimum Gasteiger partial charge on any atom is -0.382 e. The van der Waals surface area contributed by atoms with Crippen molar-refractivity contribution in [3.8, 4) is 0 Å². The quantitative estimate of drug-likeness (QED) is 0.784. The first-order chi connectivity index (χ1) is 7.34. The summed E-state index contributed by atoms with van der Waals surface area (Å²) in [5.74, 6) is 1.14. The number of rotatable bonds is 0. The van der Waals surface area contributed by atoms with Crippen LogP contribution in [0, 0.1) is 0 Å². The Hall–Kier alpha value is -0.770. The predicted molar refractivity (Wildman–Crippen MR) is 65.4 cm³/mol. The highest BCUT2D eigenvalue weighted by molar-refractivity contribution is 9.10. The zero-order valence-corrected chi connectivity index (χ0v) is 10.1. The molecule has 0 aliphatic carbocycles. The lowest BCUT2D eigenvalue weighted by Gasteiger charge is -2.23. The van der Waals surface area contributed by atoms with Crippen LogP contribution in [0.4, 0.5) is 11.5 Å². The number of hydrogen-bond acceptors (Lipinski definition) is 3. The van der Waals surface area contributed by atoms with E-state index in [1.807, 2.05) is 6.20 Å². The number of anilines is 2. The van der Waals surface area contributed by atoms with Crippen molar-refractivity contribution in [3.05, 3.63) is 16.7 Å². The van der Waals surface area contributed by atoms with E-state index in [2.05, 4.69) is 37.2 Å². The van der Waals surface area contributed by atoms with Gasteiger partial charge in [0.15, 0.2) is 5.82 Å². The van der Waals surface area contributed by atoms with E-state index in [-0.39, 0.29) is 0 Å². The lowest BCUT2D eigenvalue weighted by atomic mass is 10.1. The number of nitrogens with one attached hydrogen (secondary N) is 1. The van der Waals surface area contributed by atoms with E-state index in [1.165, 1.54) is 24.9 Å². The van der Waals surface area contributed by atoms with E-state index in [0.717, 1.165) is 23.4 Å². The van der Waals surface area contributed by atoms with Crippen LogP contribution in [0.3, 0.4) is 0 Å². The predicted octanol–water partition coefficient (Wildman–Crippen LogP) is 2.63. The third kappa shape index (κ3) is 1.61. The van der Waals surface area contributed by atoms with Crippen LogP contribution in [0.15, 0.2) is 16.7 Å². The largest absolute Gasteiger partial charge is 0.382 e. The molecule has 1 aromatic rings. The van der Waals surface area contributed by atoms with Gasteiger partial charge in [0, 0.05) is 29.8 Å². The molecule has 4 heteroatoms. The molecule has 0 bridgehead atoms. The third-order valence-corrected chi connectivity index (χ3v) is 3.71. The molecule has 1 saturated heterocycles. The van der Waals surface area contributed by atoms with Crippen LogP contribution in [0.25, 0.3) is 0 Å². The standard InChI is InChI=1S/C11H14BrN3/c12-8-6-10-11(14-7-8)15-5-1-2-9(15)3-4-13-10/h6-7,9,13H,1-5H2. The Bertz CT molecular complexity index is 380. The fourth-order valence-corrected chi connectivity index (χ4v) is 2.91. The molecule has 1 atom stereocenters. The van der Waals surface area contributed by atoms with E-state index >= 15 is 0 Å². The van der Waals surface area contributed by atoms with E-state index in [0.29, 0.717) is 6.04 Å². The van der Waals surface area contributed by atoms with Gasteiger partial charge in [-0.25, -0.2) is 4.98 Å². The summed E-state index contributed by atoms with van der Waals surface area (Å²) in [7, 11) is 0. The molecule has 3 rings (SSSR count). The van der Waals surface area contributed by atoms with Gasteiger partial charge in [-0.05, 0) is 41.3 Å². The highest BCUT2D eigenvalue weighted by Crippen LogP contribution is 2.35. The SMILES string of the molecule is Brc1cnc2c(c1)NCCC1CCCN21. The van der Waals surface area contributed by atoms with Gasteiger partial charge in [-0.2, -0.15) is 0 Å². The van der Waals surface area contributed by atoms with Crippen molar-refractivity contribution in [2.24, 2.45) is 0 Å². The number of nitrogens with zero attached hydrogens (tertiary/aromatic N) is 2. The summed E-state index contributed by atoms with van der Waals surface area (Å²) >= 11 is 3.47. The Labute approximate surface area is 98.0 Å². The van der Waals surface area contributed by atoms with E-state index < -0.39 is 0 Å². The minimum absolute atomic E-state index is 0.701. The summed E-state index contributed by atoms with van der Waals surface area (Å²) in [6.45, 7) is 2.22. The van der Waals surface area contributed by atoms with Gasteiger partial charge in [0.25, 0.3) is 0 Å².